The first-order valence-electron chi connectivity index (χ1n) is 0. The van der Waals surface area contributed by atoms with Crippen molar-refractivity contribution in [2.45, 2.75) is 0 Å². The molecule has 0 aromatic heterocycles. The molecule has 0 aliphatic carbocycles. The molecule has 0 spiro atoms. The minimum absolute atomic E-state index is 0. The molecule has 0 aromatic rings. The van der Waals surface area contributed by atoms with Gasteiger partial charge in [-0.05, 0) is 0 Å². The third kappa shape index (κ3) is 18.0. The van der Waals surface area contributed by atoms with Gasteiger partial charge in [0, 0.05) is 17.4 Å². The van der Waals surface area contributed by atoms with Gasteiger partial charge in [0.1, 0.15) is 0 Å². The maximum absolute atomic E-state index is 0. The Hall–Kier alpha value is 4.01. The van der Waals surface area contributed by atoms with E-state index in [0.29, 0.717) is 0 Å². The van der Waals surface area contributed by atoms with E-state index in [2.05, 4.69) is 0 Å². The summed E-state index contributed by atoms with van der Waals surface area (Å²) in [5, 5.41) is 0. The molecule has 5 heavy (non-hydrogen) atoms. The third-order valence-corrected chi connectivity index (χ3v) is 0. The summed E-state index contributed by atoms with van der Waals surface area (Å²) in [6.45, 7) is 0. The fourth-order valence-electron chi connectivity index (χ4n) is 0. The van der Waals surface area contributed by atoms with Crippen molar-refractivity contribution in [1.29, 1.82) is 0 Å². The minimum atomic E-state index is 0. The van der Waals surface area contributed by atoms with Crippen LogP contribution in [0.25, 0.3) is 0 Å². The van der Waals surface area contributed by atoms with E-state index in [4.69, 9.17) is 0 Å². The van der Waals surface area contributed by atoms with E-state index in [1.165, 1.54) is 0 Å². The molecule has 0 aromatic carbocycles. The van der Waals surface area contributed by atoms with Gasteiger partial charge in [-0.3, -0.25) is 0 Å². The van der Waals surface area contributed by atoms with Crippen molar-refractivity contribution in [3.63, 3.8) is 0 Å². The predicted molar refractivity (Wildman–Crippen MR) is 37.0 cm³/mol. The van der Waals surface area contributed by atoms with Crippen molar-refractivity contribution in [3.05, 3.63) is 0 Å². The molecule has 0 fully saturated rings. The quantitative estimate of drug-likeness (QED) is 0.224. The molecular formula is H10BiCrInPbSn. The van der Waals surface area contributed by atoms with Crippen molar-refractivity contribution in [2.24, 2.45) is 0 Å². The molecule has 0 nitrogen and oxygen atoms in total. The van der Waals surface area contributed by atoms with Crippen molar-refractivity contribution < 1.29 is 17.4 Å². The summed E-state index contributed by atoms with van der Waals surface area (Å²) in [6, 6.07) is 0. The van der Waals surface area contributed by atoms with Gasteiger partial charge in [0.2, 0.25) is 0 Å². The Bertz CT molecular complexity index is 11.6. The van der Waals surface area contributed by atoms with Crippen LogP contribution < -0.4 is 0 Å². The summed E-state index contributed by atoms with van der Waals surface area (Å²) in [6.07, 6.45) is 0. The fourth-order valence-corrected chi connectivity index (χ4v) is 0. The van der Waals surface area contributed by atoms with E-state index >= 15 is 0 Å². The summed E-state index contributed by atoms with van der Waals surface area (Å²) in [4.78, 5) is 0. The normalized spacial score (nSPS) is 0. The Kier molecular flexibility index (Phi) is 176. The summed E-state index contributed by atoms with van der Waals surface area (Å²) in [5.74, 6) is 0. The molecule has 0 aliphatic heterocycles. The second-order valence-electron chi connectivity index (χ2n) is 0. The molecule has 0 saturated heterocycles. The predicted octanol–water partition coefficient (Wildman–Crippen LogP) is -4.20. The van der Waals surface area contributed by atoms with Crippen LogP contribution in [0.15, 0.2) is 0 Å². The van der Waals surface area contributed by atoms with Crippen LogP contribution in [0.1, 0.15) is 0 Å². The molecule has 4 radical (unpaired) electrons. The maximum atomic E-state index is 0. The van der Waals surface area contributed by atoms with E-state index in [0.717, 1.165) is 0 Å². The van der Waals surface area contributed by atoms with E-state index < -0.39 is 0 Å². The van der Waals surface area contributed by atoms with E-state index in [1.54, 1.807) is 0 Å². The third-order valence-electron chi connectivity index (χ3n) is 0. The molecule has 0 saturated carbocycles. The monoisotopic (exact) mass is 714 g/mol. The first-order chi connectivity index (χ1) is 0. The molecule has 32 valence electrons. The first kappa shape index (κ1) is 36.0. The SMILES string of the molecule is [BiH3].[Cr].[InH3].[PbH2].[SnH2]. The van der Waals surface area contributed by atoms with Gasteiger partial charge >= 0.3 is 103 Å². The van der Waals surface area contributed by atoms with Gasteiger partial charge in [0.25, 0.3) is 0 Å². The van der Waals surface area contributed by atoms with Crippen LogP contribution in [0, 0.1) is 0 Å². The van der Waals surface area contributed by atoms with Crippen LogP contribution in [-0.4, -0.2) is 103 Å². The van der Waals surface area contributed by atoms with E-state index in [9.17, 15) is 0 Å². The number of hydrogen-bond acceptors (Lipinski definition) is 0. The summed E-state index contributed by atoms with van der Waals surface area (Å²) in [5.41, 5.74) is 0. The average molecular weight is 712 g/mol. The van der Waals surface area contributed by atoms with Crippen LogP contribution in [0.5, 0.6) is 0 Å². The van der Waals surface area contributed by atoms with Crippen LogP contribution in [0.2, 0.25) is 0 Å². The van der Waals surface area contributed by atoms with Gasteiger partial charge in [-0.25, -0.2) is 0 Å². The Labute approximate surface area is 118 Å². The summed E-state index contributed by atoms with van der Waals surface area (Å²) >= 11 is 0. The fraction of sp³-hybridized carbons (Fsp3) is 0. The van der Waals surface area contributed by atoms with Crippen LogP contribution >= 0.6 is 0 Å². The van der Waals surface area contributed by atoms with Gasteiger partial charge in [0.15, 0.2) is 0 Å². The van der Waals surface area contributed by atoms with E-state index in [-0.39, 0.29) is 121 Å². The summed E-state index contributed by atoms with van der Waals surface area (Å²) in [7, 11) is 0. The topological polar surface area (TPSA) is 0 Å². The second-order valence-corrected chi connectivity index (χ2v) is 0. The van der Waals surface area contributed by atoms with Gasteiger partial charge in [-0.2, -0.15) is 0 Å². The number of hydrogen-bond donors (Lipinski definition) is 0. The van der Waals surface area contributed by atoms with Crippen LogP contribution in [0.4, 0.5) is 0 Å². The van der Waals surface area contributed by atoms with Crippen molar-refractivity contribution in [2.75, 3.05) is 0 Å². The Morgan fingerprint density at radius 2 is 1.00 bits per heavy atom. The van der Waals surface area contributed by atoms with Crippen molar-refractivity contribution >= 4 is 103 Å². The molecule has 0 rings (SSSR count). The molecular weight excluding hydrogens is 702 g/mol. The first-order valence-corrected chi connectivity index (χ1v) is 0. The van der Waals surface area contributed by atoms with Gasteiger partial charge in [-0.15, -0.1) is 0 Å². The zero-order valence-electron chi connectivity index (χ0n) is 2.53. The Morgan fingerprint density at radius 1 is 1.00 bits per heavy atom. The Morgan fingerprint density at radius 3 is 1.00 bits per heavy atom. The summed E-state index contributed by atoms with van der Waals surface area (Å²) < 4.78 is 0. The molecule has 5 heteroatoms. The standard InChI is InChI=1S/Bi.Cr.In.Pb.Sn.10H. The number of rotatable bonds is 0. The average Bonchev–Trinajstić information content (AvgIpc) is 0. The zero-order chi connectivity index (χ0) is 0. The van der Waals surface area contributed by atoms with Crippen LogP contribution in [-0.2, 0) is 17.4 Å². The van der Waals surface area contributed by atoms with Gasteiger partial charge in [-0.1, -0.05) is 0 Å². The van der Waals surface area contributed by atoms with Gasteiger partial charge in [0.05, 0.1) is 0 Å². The molecule has 0 aliphatic rings. The van der Waals surface area contributed by atoms with Crippen molar-refractivity contribution in [3.8, 4) is 0 Å². The van der Waals surface area contributed by atoms with Crippen LogP contribution in [0.3, 0.4) is 0 Å². The molecule has 0 amide bonds. The van der Waals surface area contributed by atoms with E-state index in [1.807, 2.05) is 0 Å². The van der Waals surface area contributed by atoms with Gasteiger partial charge < -0.3 is 0 Å². The molecule has 0 atom stereocenters. The molecule has 0 unspecified atom stereocenters. The molecule has 0 N–H and O–H groups in total. The second kappa shape index (κ2) is 24.5. The molecule has 0 heterocycles. The Balaban J connectivity index is 0. The van der Waals surface area contributed by atoms with Crippen molar-refractivity contribution in [1.82, 2.24) is 0 Å². The zero-order valence-corrected chi connectivity index (χ0v) is 18.8. The molecule has 0 bridgehead atoms.